The molecule has 3 aromatic rings. The fourth-order valence-electron chi connectivity index (χ4n) is 4.90. The van der Waals surface area contributed by atoms with Crippen molar-refractivity contribution in [3.63, 3.8) is 0 Å². The zero-order valence-electron chi connectivity index (χ0n) is 24.4. The van der Waals surface area contributed by atoms with Crippen LogP contribution in [0.5, 0.6) is 11.5 Å². The first-order valence-electron chi connectivity index (χ1n) is 13.8. The molecule has 0 aromatic heterocycles. The molecular formula is C34H39NO5. The van der Waals surface area contributed by atoms with Crippen LogP contribution < -0.4 is 14.4 Å². The minimum atomic E-state index is -0.814. The molecule has 1 atom stereocenters. The number of hydrogen-bond donors (Lipinski definition) is 1. The number of aliphatic hydroxyl groups excluding tert-OH is 1. The standard InChI is InChI=1S/C34H39NO5/c1-8-39-28-17-14-24(19-27(28)34(5,6)7)31(36)29-30(23-12-15-26(16-13-23)40-20-21(2)3)35(33(38)32(29)37)25-11-9-10-22(4)18-25/h9-19,21,30,36H,8,20H2,1-7H3/b31-29-. The van der Waals surface area contributed by atoms with Crippen molar-refractivity contribution in [3.05, 3.63) is 94.6 Å². The van der Waals surface area contributed by atoms with Gasteiger partial charge < -0.3 is 14.6 Å². The van der Waals surface area contributed by atoms with Gasteiger partial charge in [0.05, 0.1) is 24.8 Å². The second-order valence-corrected chi connectivity index (χ2v) is 11.7. The van der Waals surface area contributed by atoms with E-state index in [4.69, 9.17) is 9.47 Å². The number of rotatable bonds is 8. The third-order valence-corrected chi connectivity index (χ3v) is 6.86. The van der Waals surface area contributed by atoms with Gasteiger partial charge in [-0.25, -0.2) is 0 Å². The molecule has 6 heteroatoms. The summed E-state index contributed by atoms with van der Waals surface area (Å²) in [6, 6.07) is 19.4. The number of carbonyl (C=O) groups excluding carboxylic acids is 2. The summed E-state index contributed by atoms with van der Waals surface area (Å²) in [5.74, 6) is 0.175. The number of hydrogen-bond acceptors (Lipinski definition) is 5. The minimum Gasteiger partial charge on any atom is -0.507 e. The third-order valence-electron chi connectivity index (χ3n) is 6.86. The Morgan fingerprint density at radius 1 is 0.975 bits per heavy atom. The molecule has 3 aromatic carbocycles. The predicted octanol–water partition coefficient (Wildman–Crippen LogP) is 7.35. The molecule has 1 heterocycles. The van der Waals surface area contributed by atoms with Gasteiger partial charge in [-0.1, -0.05) is 58.9 Å². The van der Waals surface area contributed by atoms with E-state index < -0.39 is 17.7 Å². The highest BCUT2D eigenvalue weighted by Crippen LogP contribution is 2.43. The van der Waals surface area contributed by atoms with Crippen LogP contribution in [0.25, 0.3) is 5.76 Å². The van der Waals surface area contributed by atoms with E-state index in [0.29, 0.717) is 41.7 Å². The first-order chi connectivity index (χ1) is 18.9. The van der Waals surface area contributed by atoms with Gasteiger partial charge in [-0.2, -0.15) is 0 Å². The van der Waals surface area contributed by atoms with E-state index in [2.05, 4.69) is 34.6 Å². The van der Waals surface area contributed by atoms with Gasteiger partial charge in [0.2, 0.25) is 0 Å². The summed E-state index contributed by atoms with van der Waals surface area (Å²) < 4.78 is 11.7. The number of aliphatic hydroxyl groups is 1. The molecule has 6 nitrogen and oxygen atoms in total. The third kappa shape index (κ3) is 5.91. The number of nitrogens with zero attached hydrogens (tertiary/aromatic N) is 1. The van der Waals surface area contributed by atoms with Gasteiger partial charge in [0.1, 0.15) is 17.3 Å². The highest BCUT2D eigenvalue weighted by molar-refractivity contribution is 6.51. The van der Waals surface area contributed by atoms with Crippen molar-refractivity contribution < 1.29 is 24.2 Å². The number of aryl methyl sites for hydroxylation is 1. The van der Waals surface area contributed by atoms with Crippen molar-refractivity contribution in [3.8, 4) is 11.5 Å². The highest BCUT2D eigenvalue weighted by Gasteiger charge is 2.47. The molecular weight excluding hydrogens is 502 g/mol. The van der Waals surface area contributed by atoms with E-state index in [0.717, 1.165) is 16.9 Å². The maximum atomic E-state index is 13.6. The van der Waals surface area contributed by atoms with Crippen LogP contribution in [0.3, 0.4) is 0 Å². The molecule has 1 unspecified atom stereocenters. The molecule has 1 fully saturated rings. The van der Waals surface area contributed by atoms with Gasteiger partial charge in [0.15, 0.2) is 0 Å². The van der Waals surface area contributed by atoms with Crippen LogP contribution in [0.1, 0.15) is 69.8 Å². The zero-order chi connectivity index (χ0) is 29.2. The Bertz CT molecular complexity index is 1430. The summed E-state index contributed by atoms with van der Waals surface area (Å²) in [5, 5.41) is 11.7. The van der Waals surface area contributed by atoms with E-state index in [1.165, 1.54) is 4.90 Å². The normalized spacial score (nSPS) is 17.0. The average molecular weight is 542 g/mol. The highest BCUT2D eigenvalue weighted by atomic mass is 16.5. The minimum absolute atomic E-state index is 0.0476. The molecule has 4 rings (SSSR count). The van der Waals surface area contributed by atoms with Crippen LogP contribution in [0.4, 0.5) is 5.69 Å². The van der Waals surface area contributed by atoms with Gasteiger partial charge in [0, 0.05) is 16.8 Å². The molecule has 1 saturated heterocycles. The maximum absolute atomic E-state index is 13.6. The van der Waals surface area contributed by atoms with Crippen LogP contribution in [-0.4, -0.2) is 30.0 Å². The Balaban J connectivity index is 1.89. The Kier molecular flexibility index (Phi) is 8.38. The number of amides is 1. The molecule has 0 bridgehead atoms. The Hall–Kier alpha value is -4.06. The van der Waals surface area contributed by atoms with Gasteiger partial charge >= 0.3 is 0 Å². The molecule has 40 heavy (non-hydrogen) atoms. The average Bonchev–Trinajstić information content (AvgIpc) is 3.17. The van der Waals surface area contributed by atoms with Crippen molar-refractivity contribution in [2.75, 3.05) is 18.1 Å². The van der Waals surface area contributed by atoms with E-state index >= 15 is 0 Å². The fraction of sp³-hybridized carbons (Fsp3) is 0.353. The van der Waals surface area contributed by atoms with Gasteiger partial charge in [0.25, 0.3) is 11.7 Å². The molecule has 1 N–H and O–H groups in total. The molecule has 1 amide bonds. The second-order valence-electron chi connectivity index (χ2n) is 11.7. The van der Waals surface area contributed by atoms with Gasteiger partial charge in [-0.05, 0) is 78.8 Å². The largest absolute Gasteiger partial charge is 0.507 e. The van der Waals surface area contributed by atoms with Crippen molar-refractivity contribution in [2.45, 2.75) is 59.9 Å². The summed E-state index contributed by atoms with van der Waals surface area (Å²) in [6.07, 6.45) is 0. The lowest BCUT2D eigenvalue weighted by molar-refractivity contribution is -0.132. The summed E-state index contributed by atoms with van der Waals surface area (Å²) in [5.41, 5.74) is 3.37. The smallest absolute Gasteiger partial charge is 0.300 e. The quantitative estimate of drug-likeness (QED) is 0.183. The summed E-state index contributed by atoms with van der Waals surface area (Å²) >= 11 is 0. The van der Waals surface area contributed by atoms with E-state index in [1.54, 1.807) is 12.1 Å². The fourth-order valence-corrected chi connectivity index (χ4v) is 4.90. The number of ketones is 1. The first kappa shape index (κ1) is 28.9. The van der Waals surface area contributed by atoms with E-state index in [1.807, 2.05) is 68.4 Å². The lowest BCUT2D eigenvalue weighted by Gasteiger charge is -2.26. The maximum Gasteiger partial charge on any atom is 0.300 e. The summed E-state index contributed by atoms with van der Waals surface area (Å²) in [4.78, 5) is 28.6. The Labute approximate surface area is 237 Å². The molecule has 0 spiro atoms. The summed E-state index contributed by atoms with van der Waals surface area (Å²) in [7, 11) is 0. The number of ether oxygens (including phenoxy) is 2. The molecule has 0 aliphatic carbocycles. The van der Waals surface area contributed by atoms with Crippen molar-refractivity contribution in [1.82, 2.24) is 0 Å². The Morgan fingerprint density at radius 3 is 2.27 bits per heavy atom. The number of benzene rings is 3. The SMILES string of the molecule is CCOc1ccc(/C(O)=C2/C(=O)C(=O)N(c3cccc(C)c3)C2c2ccc(OCC(C)C)cc2)cc1C(C)(C)C. The summed E-state index contributed by atoms with van der Waals surface area (Å²) in [6.45, 7) is 15.3. The predicted molar refractivity (Wildman–Crippen MR) is 159 cm³/mol. The van der Waals surface area contributed by atoms with Crippen LogP contribution in [-0.2, 0) is 15.0 Å². The van der Waals surface area contributed by atoms with Crippen LogP contribution >= 0.6 is 0 Å². The molecule has 1 aliphatic rings. The van der Waals surface area contributed by atoms with Crippen LogP contribution in [0.15, 0.2) is 72.3 Å². The van der Waals surface area contributed by atoms with Gasteiger partial charge in [-0.15, -0.1) is 0 Å². The number of Topliss-reactive ketones (excluding diaryl/α,β-unsaturated/α-hetero) is 1. The Morgan fingerprint density at radius 2 is 1.68 bits per heavy atom. The van der Waals surface area contributed by atoms with Gasteiger partial charge in [-0.3, -0.25) is 14.5 Å². The molecule has 1 aliphatic heterocycles. The topological polar surface area (TPSA) is 76.1 Å². The molecule has 0 saturated carbocycles. The zero-order valence-corrected chi connectivity index (χ0v) is 24.4. The molecule has 0 radical (unpaired) electrons. The molecule has 210 valence electrons. The van der Waals surface area contributed by atoms with Crippen LogP contribution in [0.2, 0.25) is 0 Å². The monoisotopic (exact) mass is 541 g/mol. The lowest BCUT2D eigenvalue weighted by Crippen LogP contribution is -2.29. The second kappa shape index (κ2) is 11.6. The van der Waals surface area contributed by atoms with Crippen LogP contribution in [0, 0.1) is 12.8 Å². The number of carbonyl (C=O) groups is 2. The van der Waals surface area contributed by atoms with Crippen molar-refractivity contribution >= 4 is 23.1 Å². The number of anilines is 1. The van der Waals surface area contributed by atoms with E-state index in [9.17, 15) is 14.7 Å². The first-order valence-corrected chi connectivity index (χ1v) is 13.8. The van der Waals surface area contributed by atoms with E-state index in [-0.39, 0.29) is 16.7 Å². The lowest BCUT2D eigenvalue weighted by atomic mass is 9.84. The van der Waals surface area contributed by atoms with Crippen molar-refractivity contribution in [1.29, 1.82) is 0 Å². The van der Waals surface area contributed by atoms with Crippen molar-refractivity contribution in [2.24, 2.45) is 5.92 Å².